The van der Waals surface area contributed by atoms with Crippen molar-refractivity contribution >= 4 is 21.6 Å². The SMILES string of the molecule is Cc1cccc(C(C)C)c1NC(=O)c1cccc(S(=O)(=O)N2CC(C)CC(C)C2)c1. The van der Waals surface area contributed by atoms with E-state index in [0.29, 0.717) is 30.5 Å². The molecule has 0 bridgehead atoms. The van der Waals surface area contributed by atoms with E-state index in [-0.39, 0.29) is 16.7 Å². The minimum Gasteiger partial charge on any atom is -0.321 e. The summed E-state index contributed by atoms with van der Waals surface area (Å²) < 4.78 is 28.0. The lowest BCUT2D eigenvalue weighted by atomic mass is 9.94. The van der Waals surface area contributed by atoms with Crippen molar-refractivity contribution in [2.75, 3.05) is 18.4 Å². The molecular formula is C24H32N2O3S. The molecule has 1 amide bonds. The van der Waals surface area contributed by atoms with Gasteiger partial charge in [-0.1, -0.05) is 52.0 Å². The highest BCUT2D eigenvalue weighted by atomic mass is 32.2. The van der Waals surface area contributed by atoms with E-state index in [9.17, 15) is 13.2 Å². The van der Waals surface area contributed by atoms with Gasteiger partial charge < -0.3 is 5.32 Å². The van der Waals surface area contributed by atoms with Gasteiger partial charge in [0.15, 0.2) is 0 Å². The van der Waals surface area contributed by atoms with Crippen LogP contribution in [0.15, 0.2) is 47.4 Å². The van der Waals surface area contributed by atoms with Crippen LogP contribution in [0.2, 0.25) is 0 Å². The number of nitrogens with one attached hydrogen (secondary N) is 1. The van der Waals surface area contributed by atoms with Crippen LogP contribution in [0.1, 0.15) is 61.5 Å². The van der Waals surface area contributed by atoms with Gasteiger partial charge in [0.25, 0.3) is 5.91 Å². The molecule has 30 heavy (non-hydrogen) atoms. The van der Waals surface area contributed by atoms with Gasteiger partial charge in [-0.2, -0.15) is 4.31 Å². The van der Waals surface area contributed by atoms with Crippen molar-refractivity contribution < 1.29 is 13.2 Å². The van der Waals surface area contributed by atoms with Gasteiger partial charge in [-0.3, -0.25) is 4.79 Å². The highest BCUT2D eigenvalue weighted by molar-refractivity contribution is 7.89. The lowest BCUT2D eigenvalue weighted by Gasteiger charge is -2.34. The molecule has 0 aromatic heterocycles. The number of benzene rings is 2. The molecule has 5 nitrogen and oxygen atoms in total. The van der Waals surface area contributed by atoms with E-state index in [1.54, 1.807) is 22.5 Å². The van der Waals surface area contributed by atoms with E-state index in [4.69, 9.17) is 0 Å². The maximum Gasteiger partial charge on any atom is 0.255 e. The molecule has 1 aliphatic heterocycles. The van der Waals surface area contributed by atoms with E-state index in [0.717, 1.165) is 23.2 Å². The molecule has 1 N–H and O–H groups in total. The molecular weight excluding hydrogens is 396 g/mol. The first-order chi connectivity index (χ1) is 14.1. The third kappa shape index (κ3) is 4.76. The molecule has 2 unspecified atom stereocenters. The predicted molar refractivity (Wildman–Crippen MR) is 121 cm³/mol. The molecule has 1 fully saturated rings. The van der Waals surface area contributed by atoms with Gasteiger partial charge in [0, 0.05) is 24.3 Å². The second kappa shape index (κ2) is 8.90. The fourth-order valence-electron chi connectivity index (χ4n) is 4.28. The van der Waals surface area contributed by atoms with Crippen LogP contribution in [0.25, 0.3) is 0 Å². The van der Waals surface area contributed by atoms with E-state index >= 15 is 0 Å². The average Bonchev–Trinajstić information content (AvgIpc) is 2.68. The van der Waals surface area contributed by atoms with Crippen LogP contribution >= 0.6 is 0 Å². The molecule has 0 radical (unpaired) electrons. The van der Waals surface area contributed by atoms with E-state index in [1.807, 2.05) is 25.1 Å². The van der Waals surface area contributed by atoms with Gasteiger partial charge in [-0.15, -0.1) is 0 Å². The number of hydrogen-bond donors (Lipinski definition) is 1. The topological polar surface area (TPSA) is 66.5 Å². The standard InChI is InChI=1S/C24H32N2O3S/c1-16(2)22-11-6-8-19(5)23(22)25-24(27)20-9-7-10-21(13-20)30(28,29)26-14-17(3)12-18(4)15-26/h6-11,13,16-18H,12,14-15H2,1-5H3,(H,25,27). The molecule has 0 saturated carbocycles. The van der Waals surface area contributed by atoms with Gasteiger partial charge in [0.2, 0.25) is 10.0 Å². The minimum absolute atomic E-state index is 0.172. The van der Waals surface area contributed by atoms with Crippen LogP contribution in [0.3, 0.4) is 0 Å². The number of sulfonamides is 1. The molecule has 3 rings (SSSR count). The lowest BCUT2D eigenvalue weighted by Crippen LogP contribution is -2.42. The Hall–Kier alpha value is -2.18. The van der Waals surface area contributed by atoms with Crippen LogP contribution in [-0.4, -0.2) is 31.7 Å². The number of hydrogen-bond acceptors (Lipinski definition) is 3. The summed E-state index contributed by atoms with van der Waals surface area (Å²) in [7, 11) is -3.63. The zero-order valence-corrected chi connectivity index (χ0v) is 19.3. The smallest absolute Gasteiger partial charge is 0.255 e. The number of rotatable bonds is 5. The number of carbonyl (C=O) groups excluding carboxylic acids is 1. The Balaban J connectivity index is 1.88. The molecule has 1 heterocycles. The van der Waals surface area contributed by atoms with Crippen molar-refractivity contribution in [1.29, 1.82) is 0 Å². The third-order valence-corrected chi connectivity index (χ3v) is 7.56. The van der Waals surface area contributed by atoms with Gasteiger partial charge in [-0.05, 0) is 60.4 Å². The first-order valence-electron chi connectivity index (χ1n) is 10.6. The van der Waals surface area contributed by atoms with Crippen LogP contribution in [0.5, 0.6) is 0 Å². The molecule has 0 spiro atoms. The number of anilines is 1. The van der Waals surface area contributed by atoms with Crippen molar-refractivity contribution in [3.63, 3.8) is 0 Å². The summed E-state index contributed by atoms with van der Waals surface area (Å²) in [4.78, 5) is 13.2. The van der Waals surface area contributed by atoms with Crippen molar-refractivity contribution in [3.8, 4) is 0 Å². The Bertz CT molecular complexity index is 1020. The minimum atomic E-state index is -3.63. The molecule has 1 saturated heterocycles. The molecule has 0 aliphatic carbocycles. The Kier molecular flexibility index (Phi) is 6.68. The molecule has 2 aromatic carbocycles. The van der Waals surface area contributed by atoms with Crippen molar-refractivity contribution in [3.05, 3.63) is 59.2 Å². The Morgan fingerprint density at radius 1 is 1.07 bits per heavy atom. The summed E-state index contributed by atoms with van der Waals surface area (Å²) >= 11 is 0. The van der Waals surface area contributed by atoms with Gasteiger partial charge in [0.05, 0.1) is 4.90 Å². The number of para-hydroxylation sites is 1. The fraction of sp³-hybridized carbons (Fsp3) is 0.458. The number of piperidine rings is 1. The van der Waals surface area contributed by atoms with Crippen molar-refractivity contribution in [2.45, 2.75) is 51.9 Å². The summed E-state index contributed by atoms with van der Waals surface area (Å²) in [5.41, 5.74) is 3.18. The second-order valence-electron chi connectivity index (χ2n) is 8.94. The predicted octanol–water partition coefficient (Wildman–Crippen LogP) is 5.04. The highest BCUT2D eigenvalue weighted by Crippen LogP contribution is 2.29. The summed E-state index contributed by atoms with van der Waals surface area (Å²) in [5, 5.41) is 3.00. The normalized spacial score (nSPS) is 20.3. The number of aryl methyl sites for hydroxylation is 1. The zero-order valence-electron chi connectivity index (χ0n) is 18.5. The zero-order chi connectivity index (χ0) is 22.1. The summed E-state index contributed by atoms with van der Waals surface area (Å²) in [6, 6.07) is 12.3. The van der Waals surface area contributed by atoms with E-state index < -0.39 is 10.0 Å². The maximum absolute atomic E-state index is 13.2. The summed E-state index contributed by atoms with van der Waals surface area (Å²) in [6.45, 7) is 11.3. The summed E-state index contributed by atoms with van der Waals surface area (Å²) in [5.74, 6) is 0.606. The van der Waals surface area contributed by atoms with Gasteiger partial charge in [-0.25, -0.2) is 8.42 Å². The number of amides is 1. The van der Waals surface area contributed by atoms with E-state index in [2.05, 4.69) is 33.0 Å². The third-order valence-electron chi connectivity index (χ3n) is 5.73. The number of carbonyl (C=O) groups is 1. The quantitative estimate of drug-likeness (QED) is 0.726. The highest BCUT2D eigenvalue weighted by Gasteiger charge is 2.32. The van der Waals surface area contributed by atoms with Crippen molar-refractivity contribution in [2.24, 2.45) is 11.8 Å². The molecule has 6 heteroatoms. The molecule has 2 aromatic rings. The number of nitrogens with zero attached hydrogens (tertiary/aromatic N) is 1. The van der Waals surface area contributed by atoms with Crippen LogP contribution in [-0.2, 0) is 10.0 Å². The monoisotopic (exact) mass is 428 g/mol. The van der Waals surface area contributed by atoms with Gasteiger partial charge >= 0.3 is 0 Å². The summed E-state index contributed by atoms with van der Waals surface area (Å²) in [6.07, 6.45) is 1.03. The second-order valence-corrected chi connectivity index (χ2v) is 10.9. The van der Waals surface area contributed by atoms with Crippen molar-refractivity contribution in [1.82, 2.24) is 4.31 Å². The van der Waals surface area contributed by atoms with Gasteiger partial charge in [0.1, 0.15) is 0 Å². The fourth-order valence-corrected chi connectivity index (χ4v) is 6.00. The maximum atomic E-state index is 13.2. The molecule has 162 valence electrons. The Morgan fingerprint density at radius 2 is 1.70 bits per heavy atom. The Morgan fingerprint density at radius 3 is 2.33 bits per heavy atom. The van der Waals surface area contributed by atoms with Crippen LogP contribution in [0, 0.1) is 18.8 Å². The average molecular weight is 429 g/mol. The van der Waals surface area contributed by atoms with Crippen LogP contribution < -0.4 is 5.32 Å². The van der Waals surface area contributed by atoms with E-state index in [1.165, 1.54) is 6.07 Å². The largest absolute Gasteiger partial charge is 0.321 e. The van der Waals surface area contributed by atoms with Crippen LogP contribution in [0.4, 0.5) is 5.69 Å². The first-order valence-corrected chi connectivity index (χ1v) is 12.0. The Labute approximate surface area is 180 Å². The first kappa shape index (κ1) is 22.5. The molecule has 1 aliphatic rings. The molecule has 2 atom stereocenters. The lowest BCUT2D eigenvalue weighted by molar-refractivity contribution is 0.102.